The average molecular weight is 483 g/mol. The van der Waals surface area contributed by atoms with Gasteiger partial charge in [-0.2, -0.15) is 0 Å². The maximum Gasteiger partial charge on any atom is 0.124 e. The Labute approximate surface area is 209 Å². The zero-order chi connectivity index (χ0) is 22.9. The molecule has 0 spiro atoms. The van der Waals surface area contributed by atoms with Gasteiger partial charge in [0.25, 0.3) is 0 Å². The molecule has 0 saturated heterocycles. The normalized spacial score (nSPS) is 12.0. The van der Waals surface area contributed by atoms with Crippen LogP contribution in [0.5, 0.6) is 0 Å². The molecule has 0 saturated carbocycles. The van der Waals surface area contributed by atoms with Crippen molar-refractivity contribution in [3.63, 3.8) is 0 Å². The summed E-state index contributed by atoms with van der Waals surface area (Å²) in [4.78, 5) is 5.21. The van der Waals surface area contributed by atoms with Gasteiger partial charge < -0.3 is 4.57 Å². The maximum atomic E-state index is 5.21. The van der Waals surface area contributed by atoms with E-state index in [0.717, 1.165) is 16.1 Å². The Bertz CT molecular complexity index is 2060. The summed E-state index contributed by atoms with van der Waals surface area (Å²) < 4.78 is 6.22. The Morgan fingerprint density at radius 1 is 0.543 bits per heavy atom. The van der Waals surface area contributed by atoms with Gasteiger partial charge in [-0.15, -0.1) is 22.7 Å². The molecule has 0 fully saturated rings. The molecular weight excluding hydrogens is 464 g/mol. The number of rotatable bonds is 2. The van der Waals surface area contributed by atoms with Gasteiger partial charge in [0.05, 0.1) is 21.3 Å². The standard InChI is InChI=1S/C31H18N2S2/c1-2-8-20(9-3-1)33-24-12-6-4-10-21(24)22-15-14-19(18-25(22)33)31-32-30-28(35-31)17-16-27-29(30)23-11-5-7-13-26(23)34-27/h1-18H. The number of fused-ring (bicyclic) bond motifs is 8. The molecule has 0 aliphatic heterocycles. The van der Waals surface area contributed by atoms with Gasteiger partial charge in [-0.05, 0) is 42.5 Å². The second kappa shape index (κ2) is 7.25. The van der Waals surface area contributed by atoms with Gasteiger partial charge in [-0.3, -0.25) is 0 Å². The van der Waals surface area contributed by atoms with Crippen molar-refractivity contribution >= 4 is 74.9 Å². The minimum absolute atomic E-state index is 1.06. The molecule has 0 N–H and O–H groups in total. The highest BCUT2D eigenvalue weighted by atomic mass is 32.1. The van der Waals surface area contributed by atoms with E-state index in [4.69, 9.17) is 4.98 Å². The molecule has 0 amide bonds. The number of para-hydroxylation sites is 2. The predicted octanol–water partition coefficient (Wildman–Crippen LogP) is 9.43. The fraction of sp³-hybridized carbons (Fsp3) is 0. The number of aromatic nitrogens is 2. The lowest BCUT2D eigenvalue weighted by atomic mass is 10.1. The van der Waals surface area contributed by atoms with Crippen LogP contribution in [0.2, 0.25) is 0 Å². The summed E-state index contributed by atoms with van der Waals surface area (Å²) in [6.45, 7) is 0. The van der Waals surface area contributed by atoms with Gasteiger partial charge >= 0.3 is 0 Å². The number of hydrogen-bond donors (Lipinski definition) is 0. The second-order valence-electron chi connectivity index (χ2n) is 8.82. The van der Waals surface area contributed by atoms with E-state index in [0.29, 0.717) is 0 Å². The first-order valence-electron chi connectivity index (χ1n) is 11.6. The van der Waals surface area contributed by atoms with Crippen molar-refractivity contribution in [2.75, 3.05) is 0 Å². The Balaban J connectivity index is 1.41. The molecule has 4 heteroatoms. The first-order valence-corrected chi connectivity index (χ1v) is 13.3. The molecule has 0 bridgehead atoms. The highest BCUT2D eigenvalue weighted by Crippen LogP contribution is 2.42. The third-order valence-electron chi connectivity index (χ3n) is 6.83. The van der Waals surface area contributed by atoms with E-state index in [1.807, 2.05) is 11.3 Å². The Hall–Kier alpha value is -3.99. The van der Waals surface area contributed by atoms with Crippen LogP contribution in [0.15, 0.2) is 109 Å². The molecular formula is C31H18N2S2. The van der Waals surface area contributed by atoms with Crippen LogP contribution in [0.1, 0.15) is 0 Å². The molecule has 0 radical (unpaired) electrons. The van der Waals surface area contributed by atoms with E-state index >= 15 is 0 Å². The molecule has 0 aliphatic rings. The number of nitrogens with zero attached hydrogens (tertiary/aromatic N) is 2. The minimum atomic E-state index is 1.06. The van der Waals surface area contributed by atoms with Crippen molar-refractivity contribution in [1.82, 2.24) is 9.55 Å². The Morgan fingerprint density at radius 2 is 1.29 bits per heavy atom. The van der Waals surface area contributed by atoms with E-state index in [2.05, 4.69) is 114 Å². The van der Waals surface area contributed by atoms with Crippen LogP contribution in [-0.4, -0.2) is 9.55 Å². The van der Waals surface area contributed by atoms with Crippen molar-refractivity contribution in [1.29, 1.82) is 0 Å². The average Bonchev–Trinajstić information content (AvgIpc) is 3.60. The molecule has 164 valence electrons. The van der Waals surface area contributed by atoms with E-state index in [-0.39, 0.29) is 0 Å². The van der Waals surface area contributed by atoms with Crippen molar-refractivity contribution in [3.8, 4) is 16.3 Å². The number of hydrogen-bond acceptors (Lipinski definition) is 3. The Morgan fingerprint density at radius 3 is 2.20 bits per heavy atom. The van der Waals surface area contributed by atoms with Crippen LogP contribution in [0, 0.1) is 0 Å². The number of benzene rings is 5. The molecule has 35 heavy (non-hydrogen) atoms. The van der Waals surface area contributed by atoms with Gasteiger partial charge in [0.2, 0.25) is 0 Å². The molecule has 3 aromatic heterocycles. The first kappa shape index (κ1) is 19.3. The molecule has 8 rings (SSSR count). The summed E-state index contributed by atoms with van der Waals surface area (Å²) >= 11 is 3.63. The van der Waals surface area contributed by atoms with Crippen LogP contribution in [0.3, 0.4) is 0 Å². The lowest BCUT2D eigenvalue weighted by Crippen LogP contribution is -1.93. The maximum absolute atomic E-state index is 5.21. The van der Waals surface area contributed by atoms with Gasteiger partial charge in [0.1, 0.15) is 5.01 Å². The van der Waals surface area contributed by atoms with E-state index < -0.39 is 0 Å². The van der Waals surface area contributed by atoms with Crippen molar-refractivity contribution in [2.24, 2.45) is 0 Å². The minimum Gasteiger partial charge on any atom is -0.309 e. The topological polar surface area (TPSA) is 17.8 Å². The summed E-state index contributed by atoms with van der Waals surface area (Å²) in [6.07, 6.45) is 0. The summed E-state index contributed by atoms with van der Waals surface area (Å²) in [5.74, 6) is 0. The molecule has 2 nitrogen and oxygen atoms in total. The molecule has 0 atom stereocenters. The third-order valence-corrected chi connectivity index (χ3v) is 9.04. The van der Waals surface area contributed by atoms with Crippen LogP contribution in [-0.2, 0) is 0 Å². The van der Waals surface area contributed by atoms with Gasteiger partial charge in [-0.1, -0.05) is 66.7 Å². The Kier molecular flexibility index (Phi) is 4.01. The predicted molar refractivity (Wildman–Crippen MR) is 152 cm³/mol. The fourth-order valence-electron chi connectivity index (χ4n) is 5.28. The lowest BCUT2D eigenvalue weighted by molar-refractivity contribution is 1.18. The SMILES string of the molecule is c1ccc(-n2c3ccccc3c3ccc(-c4nc5c(ccc6sc7ccccc7c65)s4)cc32)cc1. The number of thiazole rings is 1. The molecule has 0 aliphatic carbocycles. The highest BCUT2D eigenvalue weighted by molar-refractivity contribution is 7.26. The van der Waals surface area contributed by atoms with Crippen LogP contribution in [0.25, 0.3) is 68.5 Å². The van der Waals surface area contributed by atoms with Crippen molar-refractivity contribution < 1.29 is 0 Å². The first-order chi connectivity index (χ1) is 17.3. The third kappa shape index (κ3) is 2.78. The summed E-state index contributed by atoms with van der Waals surface area (Å²) in [7, 11) is 0. The van der Waals surface area contributed by atoms with Crippen LogP contribution in [0.4, 0.5) is 0 Å². The van der Waals surface area contributed by atoms with Crippen molar-refractivity contribution in [3.05, 3.63) is 109 Å². The van der Waals surface area contributed by atoms with E-state index in [1.165, 1.54) is 52.4 Å². The van der Waals surface area contributed by atoms with E-state index in [1.54, 1.807) is 11.3 Å². The zero-order valence-corrected chi connectivity index (χ0v) is 20.2. The van der Waals surface area contributed by atoms with Crippen LogP contribution < -0.4 is 0 Å². The highest BCUT2D eigenvalue weighted by Gasteiger charge is 2.16. The summed E-state index contributed by atoms with van der Waals surface area (Å²) in [5.41, 5.74) is 5.88. The quantitative estimate of drug-likeness (QED) is 0.240. The lowest BCUT2D eigenvalue weighted by Gasteiger charge is -2.08. The fourth-order valence-corrected chi connectivity index (χ4v) is 7.36. The molecule has 3 heterocycles. The molecule has 8 aromatic rings. The molecule has 0 unspecified atom stereocenters. The van der Waals surface area contributed by atoms with Gasteiger partial charge in [0, 0.05) is 42.2 Å². The van der Waals surface area contributed by atoms with Crippen molar-refractivity contribution in [2.45, 2.75) is 0 Å². The summed E-state index contributed by atoms with van der Waals surface area (Å²) in [6, 6.07) is 39.2. The monoisotopic (exact) mass is 482 g/mol. The van der Waals surface area contributed by atoms with Crippen LogP contribution >= 0.6 is 22.7 Å². The second-order valence-corrected chi connectivity index (χ2v) is 10.9. The molecule has 5 aromatic carbocycles. The van der Waals surface area contributed by atoms with E-state index in [9.17, 15) is 0 Å². The summed E-state index contributed by atoms with van der Waals surface area (Å²) in [5, 5.41) is 6.18. The smallest absolute Gasteiger partial charge is 0.124 e. The zero-order valence-electron chi connectivity index (χ0n) is 18.6. The van der Waals surface area contributed by atoms with Gasteiger partial charge in [-0.25, -0.2) is 4.98 Å². The van der Waals surface area contributed by atoms with Gasteiger partial charge in [0.15, 0.2) is 0 Å². The largest absolute Gasteiger partial charge is 0.309 e. The number of thiophene rings is 1.